The number of hydrogen-bond acceptors (Lipinski definition) is 5. The molecule has 2 aliphatic rings. The molecule has 0 aromatic carbocycles. The SMILES string of the molecule is Cn1cnc(S(=O)(=O)N2CCC3(CCC(=O)N3Cc3cccnc3)CC2)c1. The Morgan fingerprint density at radius 1 is 1.22 bits per heavy atom. The smallest absolute Gasteiger partial charge is 0.262 e. The molecule has 0 radical (unpaired) electrons. The number of pyridine rings is 1. The Kier molecular flexibility index (Phi) is 4.51. The Hall–Kier alpha value is -2.26. The Morgan fingerprint density at radius 2 is 2.00 bits per heavy atom. The molecular formula is C18H23N5O3S. The van der Waals surface area contributed by atoms with Gasteiger partial charge in [-0.05, 0) is 30.9 Å². The minimum Gasteiger partial charge on any atom is -0.339 e. The van der Waals surface area contributed by atoms with Gasteiger partial charge in [0.2, 0.25) is 5.91 Å². The van der Waals surface area contributed by atoms with Crippen LogP contribution in [0.5, 0.6) is 0 Å². The molecule has 2 aromatic heterocycles. The van der Waals surface area contributed by atoms with Gasteiger partial charge in [-0.3, -0.25) is 9.78 Å². The van der Waals surface area contributed by atoms with Crippen molar-refractivity contribution < 1.29 is 13.2 Å². The fourth-order valence-corrected chi connectivity index (χ4v) is 5.53. The van der Waals surface area contributed by atoms with E-state index in [-0.39, 0.29) is 16.5 Å². The molecule has 2 aromatic rings. The van der Waals surface area contributed by atoms with Crippen molar-refractivity contribution in [3.8, 4) is 0 Å². The summed E-state index contributed by atoms with van der Waals surface area (Å²) >= 11 is 0. The molecule has 0 aliphatic carbocycles. The van der Waals surface area contributed by atoms with Gasteiger partial charge in [-0.1, -0.05) is 6.07 Å². The third-order valence-corrected chi connectivity index (χ3v) is 7.46. The molecule has 2 saturated heterocycles. The van der Waals surface area contributed by atoms with Gasteiger partial charge in [-0.15, -0.1) is 0 Å². The highest BCUT2D eigenvalue weighted by Crippen LogP contribution is 2.40. The van der Waals surface area contributed by atoms with Gasteiger partial charge in [0.15, 0.2) is 5.03 Å². The van der Waals surface area contributed by atoms with Crippen LogP contribution in [0, 0.1) is 0 Å². The number of aromatic nitrogens is 3. The topological polar surface area (TPSA) is 88.4 Å². The lowest BCUT2D eigenvalue weighted by molar-refractivity contribution is -0.133. The van der Waals surface area contributed by atoms with E-state index in [0.29, 0.717) is 38.9 Å². The first-order chi connectivity index (χ1) is 12.9. The maximum Gasteiger partial charge on any atom is 0.262 e. The molecule has 9 heteroatoms. The molecule has 2 aliphatic heterocycles. The van der Waals surface area contributed by atoms with Gasteiger partial charge in [0, 0.05) is 57.2 Å². The van der Waals surface area contributed by atoms with Gasteiger partial charge in [0.05, 0.1) is 6.33 Å². The molecule has 4 heterocycles. The number of carbonyl (C=O) groups is 1. The van der Waals surface area contributed by atoms with Crippen LogP contribution in [0.25, 0.3) is 0 Å². The molecule has 8 nitrogen and oxygen atoms in total. The van der Waals surface area contributed by atoms with Crippen molar-refractivity contribution in [1.82, 2.24) is 23.7 Å². The quantitative estimate of drug-likeness (QED) is 0.783. The number of imidazole rings is 1. The van der Waals surface area contributed by atoms with E-state index in [0.717, 1.165) is 12.0 Å². The number of rotatable bonds is 4. The largest absolute Gasteiger partial charge is 0.339 e. The predicted molar refractivity (Wildman–Crippen MR) is 98.0 cm³/mol. The van der Waals surface area contributed by atoms with E-state index in [1.54, 1.807) is 24.0 Å². The van der Waals surface area contributed by atoms with Crippen molar-refractivity contribution in [1.29, 1.82) is 0 Å². The summed E-state index contributed by atoms with van der Waals surface area (Å²) in [5.41, 5.74) is 0.735. The van der Waals surface area contributed by atoms with Crippen LogP contribution in [-0.2, 0) is 28.4 Å². The number of likely N-dealkylation sites (tertiary alicyclic amines) is 1. The van der Waals surface area contributed by atoms with Crippen LogP contribution in [0.15, 0.2) is 42.1 Å². The van der Waals surface area contributed by atoms with Crippen molar-refractivity contribution in [3.05, 3.63) is 42.6 Å². The summed E-state index contributed by atoms with van der Waals surface area (Å²) in [4.78, 5) is 22.6. The molecular weight excluding hydrogens is 366 g/mol. The van der Waals surface area contributed by atoms with Crippen LogP contribution < -0.4 is 0 Å². The zero-order chi connectivity index (χ0) is 19.1. The number of piperidine rings is 1. The van der Waals surface area contributed by atoms with Crippen molar-refractivity contribution in [2.24, 2.45) is 7.05 Å². The minimum atomic E-state index is -3.59. The first-order valence-electron chi connectivity index (χ1n) is 9.08. The molecule has 4 rings (SSSR count). The fraction of sp³-hybridized carbons (Fsp3) is 0.500. The maximum absolute atomic E-state index is 12.8. The maximum atomic E-state index is 12.8. The van der Waals surface area contributed by atoms with E-state index < -0.39 is 10.0 Å². The van der Waals surface area contributed by atoms with Crippen molar-refractivity contribution in [3.63, 3.8) is 0 Å². The average Bonchev–Trinajstić information content (AvgIpc) is 3.23. The van der Waals surface area contributed by atoms with Crippen LogP contribution in [0.2, 0.25) is 0 Å². The zero-order valence-electron chi connectivity index (χ0n) is 15.3. The van der Waals surface area contributed by atoms with Crippen molar-refractivity contribution in [2.75, 3.05) is 13.1 Å². The molecule has 0 N–H and O–H groups in total. The standard InChI is InChI=1S/C18H23N5O3S/c1-21-13-16(20-14-21)27(25,26)22-9-6-18(7-10-22)5-4-17(24)23(18)12-15-3-2-8-19-11-15/h2-3,8,11,13-14H,4-7,9-10,12H2,1H3. The Morgan fingerprint density at radius 3 is 2.63 bits per heavy atom. The summed E-state index contributed by atoms with van der Waals surface area (Å²) in [5, 5.41) is 0.0793. The van der Waals surface area contributed by atoms with Crippen LogP contribution >= 0.6 is 0 Å². The van der Waals surface area contributed by atoms with Crippen molar-refractivity contribution in [2.45, 2.75) is 42.8 Å². The van der Waals surface area contributed by atoms with Crippen LogP contribution in [0.3, 0.4) is 0 Å². The lowest BCUT2D eigenvalue weighted by Crippen LogP contribution is -2.53. The van der Waals surface area contributed by atoms with E-state index in [2.05, 4.69) is 9.97 Å². The third-order valence-electron chi connectivity index (χ3n) is 5.68. The molecule has 27 heavy (non-hydrogen) atoms. The Balaban J connectivity index is 1.50. The van der Waals surface area contributed by atoms with Crippen LogP contribution in [-0.4, -0.2) is 56.7 Å². The normalized spacial score (nSPS) is 20.5. The number of hydrogen-bond donors (Lipinski definition) is 0. The van der Waals surface area contributed by atoms with Crippen LogP contribution in [0.4, 0.5) is 0 Å². The van der Waals surface area contributed by atoms with E-state index in [9.17, 15) is 13.2 Å². The highest BCUT2D eigenvalue weighted by Gasteiger charge is 2.48. The molecule has 0 atom stereocenters. The second kappa shape index (κ2) is 6.72. The average molecular weight is 389 g/mol. The second-order valence-electron chi connectivity index (χ2n) is 7.35. The number of aryl methyl sites for hydroxylation is 1. The van der Waals surface area contributed by atoms with Gasteiger partial charge in [0.1, 0.15) is 0 Å². The van der Waals surface area contributed by atoms with Crippen molar-refractivity contribution >= 4 is 15.9 Å². The summed E-state index contributed by atoms with van der Waals surface area (Å²) < 4.78 is 28.7. The highest BCUT2D eigenvalue weighted by atomic mass is 32.2. The van der Waals surface area contributed by atoms with E-state index in [1.807, 2.05) is 17.0 Å². The van der Waals surface area contributed by atoms with Gasteiger partial charge in [-0.25, -0.2) is 13.4 Å². The molecule has 2 fully saturated rings. The monoisotopic (exact) mass is 389 g/mol. The third kappa shape index (κ3) is 3.25. The number of nitrogens with zero attached hydrogens (tertiary/aromatic N) is 5. The lowest BCUT2D eigenvalue weighted by Gasteiger charge is -2.44. The van der Waals surface area contributed by atoms with Gasteiger partial charge in [-0.2, -0.15) is 4.31 Å². The lowest BCUT2D eigenvalue weighted by atomic mass is 9.85. The number of amides is 1. The summed E-state index contributed by atoms with van der Waals surface area (Å²) in [7, 11) is -1.84. The van der Waals surface area contributed by atoms with E-state index >= 15 is 0 Å². The van der Waals surface area contributed by atoms with Crippen LogP contribution in [0.1, 0.15) is 31.2 Å². The summed E-state index contributed by atoms with van der Waals surface area (Å²) in [6, 6.07) is 3.83. The molecule has 0 unspecified atom stereocenters. The minimum absolute atomic E-state index is 0.0793. The Labute approximate surface area is 158 Å². The van der Waals surface area contributed by atoms with E-state index in [4.69, 9.17) is 0 Å². The molecule has 1 spiro atoms. The first-order valence-corrected chi connectivity index (χ1v) is 10.5. The second-order valence-corrected chi connectivity index (χ2v) is 9.23. The first kappa shape index (κ1) is 18.1. The predicted octanol–water partition coefficient (Wildman–Crippen LogP) is 1.16. The number of sulfonamides is 1. The summed E-state index contributed by atoms with van der Waals surface area (Å²) in [6.07, 6.45) is 9.09. The summed E-state index contributed by atoms with van der Waals surface area (Å²) in [5.74, 6) is 0.139. The fourth-order valence-electron chi connectivity index (χ4n) is 4.12. The highest BCUT2D eigenvalue weighted by molar-refractivity contribution is 7.89. The molecule has 1 amide bonds. The van der Waals surface area contributed by atoms with Gasteiger partial charge < -0.3 is 9.47 Å². The molecule has 144 valence electrons. The van der Waals surface area contributed by atoms with Gasteiger partial charge in [0.25, 0.3) is 10.0 Å². The zero-order valence-corrected chi connectivity index (χ0v) is 16.1. The van der Waals surface area contributed by atoms with Gasteiger partial charge >= 0.3 is 0 Å². The molecule has 0 saturated carbocycles. The Bertz CT molecular complexity index is 933. The summed E-state index contributed by atoms with van der Waals surface area (Å²) in [6.45, 7) is 1.32. The van der Waals surface area contributed by atoms with E-state index in [1.165, 1.54) is 16.8 Å². The molecule has 0 bridgehead atoms. The number of carbonyl (C=O) groups excluding carboxylic acids is 1.